The topological polar surface area (TPSA) is 61.2 Å². The number of hydrogen-bond donors (Lipinski definition) is 0. The van der Waals surface area contributed by atoms with E-state index in [-0.39, 0.29) is 12.2 Å². The number of Topliss-reactive ketones (excluding diaryl/α,β-unsaturated/α-hetero) is 1. The second-order valence-electron chi connectivity index (χ2n) is 4.07. The Kier molecular flexibility index (Phi) is 5.43. The van der Waals surface area contributed by atoms with Crippen molar-refractivity contribution >= 4 is 22.8 Å². The lowest BCUT2D eigenvalue weighted by Crippen LogP contribution is -2.10. The lowest BCUT2D eigenvalue weighted by Gasteiger charge is -2.01. The molecule has 1 aromatic carbocycles. The molecule has 0 fully saturated rings. The Hall–Kier alpha value is -2.17. The number of ether oxygens (including phenoxy) is 1. The number of benzene rings is 1. The fourth-order valence-electron chi connectivity index (χ4n) is 1.85. The number of fused-ring (bicyclic) bond motifs is 1. The molecule has 1 heterocycles. The molecule has 0 saturated carbocycles. The SMILES string of the molecule is CC.COC(=O)CC(=O)c1cccc2c1nc(C)n2C. The number of ketones is 1. The fourth-order valence-corrected chi connectivity index (χ4v) is 1.85. The van der Waals surface area contributed by atoms with Crippen LogP contribution in [0.5, 0.6) is 0 Å². The van der Waals surface area contributed by atoms with Crippen LogP contribution in [0.4, 0.5) is 0 Å². The molecule has 20 heavy (non-hydrogen) atoms. The smallest absolute Gasteiger partial charge is 0.313 e. The van der Waals surface area contributed by atoms with E-state index >= 15 is 0 Å². The maximum absolute atomic E-state index is 12.0. The molecule has 5 nitrogen and oxygen atoms in total. The first-order valence-corrected chi connectivity index (χ1v) is 6.56. The molecule has 0 amide bonds. The minimum atomic E-state index is -0.537. The maximum Gasteiger partial charge on any atom is 0.313 e. The second-order valence-corrected chi connectivity index (χ2v) is 4.07. The van der Waals surface area contributed by atoms with Gasteiger partial charge in [0.15, 0.2) is 5.78 Å². The quantitative estimate of drug-likeness (QED) is 0.491. The highest BCUT2D eigenvalue weighted by molar-refractivity contribution is 6.12. The first-order valence-electron chi connectivity index (χ1n) is 6.56. The molecular weight excluding hydrogens is 256 g/mol. The van der Waals surface area contributed by atoms with Gasteiger partial charge in [-0.1, -0.05) is 19.9 Å². The third-order valence-electron chi connectivity index (χ3n) is 2.97. The highest BCUT2D eigenvalue weighted by atomic mass is 16.5. The molecule has 0 aliphatic carbocycles. The highest BCUT2D eigenvalue weighted by Crippen LogP contribution is 2.20. The summed E-state index contributed by atoms with van der Waals surface area (Å²) in [4.78, 5) is 27.5. The van der Waals surface area contributed by atoms with Crippen LogP contribution < -0.4 is 0 Å². The number of carbonyl (C=O) groups excluding carboxylic acids is 2. The maximum atomic E-state index is 12.0. The van der Waals surface area contributed by atoms with Gasteiger partial charge in [0.1, 0.15) is 12.2 Å². The minimum Gasteiger partial charge on any atom is -0.469 e. The summed E-state index contributed by atoms with van der Waals surface area (Å²) in [5.41, 5.74) is 1.97. The van der Waals surface area contributed by atoms with Gasteiger partial charge in [-0.25, -0.2) is 4.98 Å². The van der Waals surface area contributed by atoms with Gasteiger partial charge in [0, 0.05) is 12.6 Å². The van der Waals surface area contributed by atoms with Gasteiger partial charge in [0.2, 0.25) is 0 Å². The van der Waals surface area contributed by atoms with Crippen molar-refractivity contribution in [2.24, 2.45) is 7.05 Å². The Morgan fingerprint density at radius 3 is 2.55 bits per heavy atom. The van der Waals surface area contributed by atoms with Crippen molar-refractivity contribution in [3.63, 3.8) is 0 Å². The molecule has 0 unspecified atom stereocenters. The first kappa shape index (κ1) is 15.9. The van der Waals surface area contributed by atoms with Crippen molar-refractivity contribution in [3.8, 4) is 0 Å². The molecule has 0 aliphatic rings. The predicted octanol–water partition coefficient (Wildman–Crippen LogP) is 2.65. The summed E-state index contributed by atoms with van der Waals surface area (Å²) in [5.74, 6) is 0.0125. The number of para-hydroxylation sites is 1. The summed E-state index contributed by atoms with van der Waals surface area (Å²) in [6.45, 7) is 5.87. The molecule has 1 aromatic heterocycles. The van der Waals surface area contributed by atoms with Gasteiger partial charge in [0.05, 0.1) is 18.1 Å². The van der Waals surface area contributed by atoms with E-state index in [4.69, 9.17) is 0 Å². The summed E-state index contributed by atoms with van der Waals surface area (Å²) in [5, 5.41) is 0. The Labute approximate surface area is 118 Å². The number of rotatable bonds is 3. The number of carbonyl (C=O) groups is 2. The standard InChI is InChI=1S/C13H14N2O3.C2H6/c1-8-14-13-9(11(16)7-12(17)18-3)5-4-6-10(13)15(8)2;1-2/h4-6H,7H2,1-3H3;1-2H3. The molecular formula is C15H20N2O3. The van der Waals surface area contributed by atoms with Crippen LogP contribution in [0.2, 0.25) is 0 Å². The van der Waals surface area contributed by atoms with Crippen LogP contribution in [-0.4, -0.2) is 28.4 Å². The third kappa shape index (κ3) is 3.04. The summed E-state index contributed by atoms with van der Waals surface area (Å²) >= 11 is 0. The molecule has 5 heteroatoms. The molecule has 0 bridgehead atoms. The Bertz CT molecular complexity index is 629. The summed E-state index contributed by atoms with van der Waals surface area (Å²) < 4.78 is 6.40. The van der Waals surface area contributed by atoms with Gasteiger partial charge in [0.25, 0.3) is 0 Å². The Morgan fingerprint density at radius 1 is 1.30 bits per heavy atom. The zero-order valence-electron chi connectivity index (χ0n) is 12.6. The van der Waals surface area contributed by atoms with Crippen LogP contribution in [-0.2, 0) is 16.6 Å². The van der Waals surface area contributed by atoms with E-state index in [1.54, 1.807) is 12.1 Å². The predicted molar refractivity (Wildman–Crippen MR) is 77.8 cm³/mol. The minimum absolute atomic E-state index is 0.259. The van der Waals surface area contributed by atoms with Gasteiger partial charge in [-0.3, -0.25) is 9.59 Å². The van der Waals surface area contributed by atoms with E-state index in [2.05, 4.69) is 9.72 Å². The zero-order chi connectivity index (χ0) is 15.3. The van der Waals surface area contributed by atoms with Crippen LogP contribution in [0.15, 0.2) is 18.2 Å². The number of imidazole rings is 1. The Morgan fingerprint density at radius 2 is 1.95 bits per heavy atom. The van der Waals surface area contributed by atoms with E-state index in [1.807, 2.05) is 38.5 Å². The molecule has 0 radical (unpaired) electrons. The van der Waals surface area contributed by atoms with E-state index in [0.717, 1.165) is 11.3 Å². The molecule has 0 atom stereocenters. The van der Waals surface area contributed by atoms with Crippen LogP contribution in [0.3, 0.4) is 0 Å². The average molecular weight is 276 g/mol. The van der Waals surface area contributed by atoms with E-state index in [1.165, 1.54) is 7.11 Å². The van der Waals surface area contributed by atoms with E-state index in [9.17, 15) is 9.59 Å². The normalized spacial score (nSPS) is 9.85. The molecule has 2 aromatic rings. The van der Waals surface area contributed by atoms with Gasteiger partial charge in [-0.2, -0.15) is 0 Å². The average Bonchev–Trinajstić information content (AvgIpc) is 2.76. The van der Waals surface area contributed by atoms with Crippen molar-refractivity contribution in [1.82, 2.24) is 9.55 Å². The molecule has 0 spiro atoms. The zero-order valence-corrected chi connectivity index (χ0v) is 12.6. The lowest BCUT2D eigenvalue weighted by molar-refractivity contribution is -0.139. The van der Waals surface area contributed by atoms with Crippen LogP contribution in [0, 0.1) is 6.92 Å². The van der Waals surface area contributed by atoms with Gasteiger partial charge in [-0.15, -0.1) is 0 Å². The monoisotopic (exact) mass is 276 g/mol. The van der Waals surface area contributed by atoms with Crippen molar-refractivity contribution in [1.29, 1.82) is 0 Å². The first-order chi connectivity index (χ1) is 9.54. The molecule has 0 aliphatic heterocycles. The molecule has 0 N–H and O–H groups in total. The van der Waals surface area contributed by atoms with E-state index in [0.29, 0.717) is 11.1 Å². The lowest BCUT2D eigenvalue weighted by atomic mass is 10.1. The summed E-state index contributed by atoms with van der Waals surface area (Å²) in [7, 11) is 3.15. The van der Waals surface area contributed by atoms with Gasteiger partial charge < -0.3 is 9.30 Å². The van der Waals surface area contributed by atoms with Gasteiger partial charge in [-0.05, 0) is 19.1 Å². The largest absolute Gasteiger partial charge is 0.469 e. The van der Waals surface area contributed by atoms with Crippen LogP contribution in [0.1, 0.15) is 36.5 Å². The fraction of sp³-hybridized carbons (Fsp3) is 0.400. The Balaban J connectivity index is 0.000000956. The number of methoxy groups -OCH3 is 1. The van der Waals surface area contributed by atoms with Crippen molar-refractivity contribution < 1.29 is 14.3 Å². The van der Waals surface area contributed by atoms with Crippen LogP contribution in [0.25, 0.3) is 11.0 Å². The summed E-state index contributed by atoms with van der Waals surface area (Å²) in [6, 6.07) is 5.36. The van der Waals surface area contributed by atoms with Crippen molar-refractivity contribution in [2.75, 3.05) is 7.11 Å². The highest BCUT2D eigenvalue weighted by Gasteiger charge is 2.17. The number of aryl methyl sites for hydroxylation is 2. The molecule has 108 valence electrons. The molecule has 2 rings (SSSR count). The van der Waals surface area contributed by atoms with Crippen LogP contribution >= 0.6 is 0 Å². The second kappa shape index (κ2) is 6.84. The number of nitrogens with zero attached hydrogens (tertiary/aromatic N) is 2. The number of esters is 1. The van der Waals surface area contributed by atoms with Crippen molar-refractivity contribution in [3.05, 3.63) is 29.6 Å². The van der Waals surface area contributed by atoms with Crippen molar-refractivity contribution in [2.45, 2.75) is 27.2 Å². The number of hydrogen-bond acceptors (Lipinski definition) is 4. The molecule has 0 saturated heterocycles. The van der Waals surface area contributed by atoms with E-state index < -0.39 is 5.97 Å². The summed E-state index contributed by atoms with van der Waals surface area (Å²) in [6.07, 6.45) is -0.259. The van der Waals surface area contributed by atoms with Gasteiger partial charge >= 0.3 is 5.97 Å². The number of aromatic nitrogens is 2. The third-order valence-corrected chi connectivity index (χ3v) is 2.97.